The molecule has 0 aliphatic carbocycles. The van der Waals surface area contributed by atoms with Crippen molar-refractivity contribution in [3.63, 3.8) is 0 Å². The molecule has 0 saturated carbocycles. The molecule has 0 aliphatic rings. The number of rotatable bonds is 5. The summed E-state index contributed by atoms with van der Waals surface area (Å²) in [7, 11) is 1.41. The largest absolute Gasteiger partial charge is 0.493 e. The number of halogens is 3. The number of hydrogen-bond acceptors (Lipinski definition) is 3. The Morgan fingerprint density at radius 1 is 1.42 bits per heavy atom. The van der Waals surface area contributed by atoms with E-state index >= 15 is 0 Å². The summed E-state index contributed by atoms with van der Waals surface area (Å²) in [5.41, 5.74) is -0.787. The van der Waals surface area contributed by atoms with Crippen LogP contribution < -0.4 is 4.74 Å². The minimum atomic E-state index is -4.46. The third kappa shape index (κ3) is 4.90. The average Bonchev–Trinajstić information content (AvgIpc) is 2.29. The van der Waals surface area contributed by atoms with Crippen molar-refractivity contribution < 1.29 is 23.0 Å². The van der Waals surface area contributed by atoms with Crippen molar-refractivity contribution >= 4 is 6.21 Å². The molecule has 1 aromatic carbocycles. The molecule has 0 amide bonds. The number of benzene rings is 1. The van der Waals surface area contributed by atoms with Crippen molar-refractivity contribution in [1.29, 1.82) is 0 Å². The van der Waals surface area contributed by atoms with Crippen LogP contribution in [0.2, 0.25) is 0 Å². The Balaban J connectivity index is 2.92. The Morgan fingerprint density at radius 2 is 2.11 bits per heavy atom. The molecule has 1 aromatic rings. The van der Waals surface area contributed by atoms with Crippen LogP contribution in [0.4, 0.5) is 13.2 Å². The lowest BCUT2D eigenvalue weighted by molar-refractivity contribution is -0.137. The molecule has 0 fully saturated rings. The number of hydrogen-bond donors (Lipinski definition) is 1. The maximum absolute atomic E-state index is 12.8. The summed E-state index contributed by atoms with van der Waals surface area (Å²) in [6, 6.07) is 3.71. The van der Waals surface area contributed by atoms with Gasteiger partial charge >= 0.3 is 6.18 Å². The minimum Gasteiger partial charge on any atom is -0.493 e. The molecule has 1 N–H and O–H groups in total. The van der Waals surface area contributed by atoms with Gasteiger partial charge in [0.05, 0.1) is 18.3 Å². The molecule has 6 heteroatoms. The van der Waals surface area contributed by atoms with Crippen LogP contribution in [0.5, 0.6) is 5.75 Å². The molecular weight excluding hydrogens is 259 g/mol. The van der Waals surface area contributed by atoms with Gasteiger partial charge in [0.25, 0.3) is 0 Å². The summed E-state index contributed by atoms with van der Waals surface area (Å²) >= 11 is 0. The zero-order valence-corrected chi connectivity index (χ0v) is 10.7. The molecule has 19 heavy (non-hydrogen) atoms. The molecular formula is C13H16F3NO2. The topological polar surface area (TPSA) is 41.8 Å². The van der Waals surface area contributed by atoms with Gasteiger partial charge in [-0.1, -0.05) is 0 Å². The number of nitrogens with zero attached hydrogens (tertiary/aromatic N) is 1. The Bertz CT molecular complexity index is 442. The first-order valence-electron chi connectivity index (χ1n) is 5.79. The van der Waals surface area contributed by atoms with E-state index in [2.05, 4.69) is 4.99 Å². The van der Waals surface area contributed by atoms with Gasteiger partial charge in [0.15, 0.2) is 0 Å². The number of aliphatic imine (C=N–C) groups is 1. The van der Waals surface area contributed by atoms with Crippen molar-refractivity contribution in [2.24, 2.45) is 4.99 Å². The molecule has 0 bridgehead atoms. The summed E-state index contributed by atoms with van der Waals surface area (Å²) in [4.78, 5) is 3.60. The van der Waals surface area contributed by atoms with Crippen LogP contribution in [-0.4, -0.2) is 31.1 Å². The molecule has 1 unspecified atom stereocenters. The van der Waals surface area contributed by atoms with Crippen LogP contribution in [0.25, 0.3) is 0 Å². The van der Waals surface area contributed by atoms with Crippen LogP contribution in [0.3, 0.4) is 0 Å². The zero-order chi connectivity index (χ0) is 14.5. The van der Waals surface area contributed by atoms with E-state index in [1.807, 2.05) is 0 Å². The van der Waals surface area contributed by atoms with Gasteiger partial charge in [-0.25, -0.2) is 0 Å². The highest BCUT2D eigenvalue weighted by molar-refractivity contribution is 5.82. The van der Waals surface area contributed by atoms with E-state index in [9.17, 15) is 13.2 Å². The van der Waals surface area contributed by atoms with Crippen molar-refractivity contribution in [2.75, 3.05) is 13.7 Å². The fraction of sp³-hybridized carbons (Fsp3) is 0.462. The normalized spacial score (nSPS) is 13.8. The number of alkyl halides is 3. The standard InChI is InChI=1S/C13H16F3NO2/c1-9(18)5-6-19-11-4-3-10(8-17-2)12(7-11)13(14,15)16/h3-4,7-9,18H,5-6H2,1-2H3. The van der Waals surface area contributed by atoms with E-state index in [0.29, 0.717) is 6.42 Å². The van der Waals surface area contributed by atoms with E-state index in [-0.39, 0.29) is 17.9 Å². The predicted octanol–water partition coefficient (Wildman–Crippen LogP) is 2.90. The van der Waals surface area contributed by atoms with Gasteiger partial charge in [0.1, 0.15) is 5.75 Å². The van der Waals surface area contributed by atoms with E-state index in [0.717, 1.165) is 12.3 Å². The van der Waals surface area contributed by atoms with E-state index in [1.54, 1.807) is 6.92 Å². The first kappa shape index (κ1) is 15.5. The van der Waals surface area contributed by atoms with Gasteiger partial charge in [-0.3, -0.25) is 4.99 Å². The molecule has 1 rings (SSSR count). The third-order valence-corrected chi connectivity index (χ3v) is 2.40. The number of aliphatic hydroxyl groups excluding tert-OH is 1. The maximum atomic E-state index is 12.8. The predicted molar refractivity (Wildman–Crippen MR) is 66.8 cm³/mol. The van der Waals surface area contributed by atoms with Crippen molar-refractivity contribution in [2.45, 2.75) is 25.6 Å². The SMILES string of the molecule is CN=Cc1ccc(OCCC(C)O)cc1C(F)(F)F. The Labute approximate surface area is 109 Å². The third-order valence-electron chi connectivity index (χ3n) is 2.40. The van der Waals surface area contributed by atoms with Crippen LogP contribution in [0, 0.1) is 0 Å². The molecule has 0 radical (unpaired) electrons. The van der Waals surface area contributed by atoms with Crippen molar-refractivity contribution in [3.8, 4) is 5.75 Å². The van der Waals surface area contributed by atoms with Crippen molar-refractivity contribution in [1.82, 2.24) is 0 Å². The fourth-order valence-corrected chi connectivity index (χ4v) is 1.47. The molecule has 0 saturated heterocycles. The fourth-order valence-electron chi connectivity index (χ4n) is 1.47. The summed E-state index contributed by atoms with van der Waals surface area (Å²) in [5.74, 6) is 0.126. The second-order valence-corrected chi connectivity index (χ2v) is 4.12. The number of aliphatic hydroxyl groups is 1. The molecule has 0 heterocycles. The summed E-state index contributed by atoms with van der Waals surface area (Å²) in [6.45, 7) is 1.75. The zero-order valence-electron chi connectivity index (χ0n) is 10.7. The van der Waals surface area contributed by atoms with Crippen molar-refractivity contribution in [3.05, 3.63) is 29.3 Å². The molecule has 0 spiro atoms. The second-order valence-electron chi connectivity index (χ2n) is 4.12. The highest BCUT2D eigenvalue weighted by atomic mass is 19.4. The monoisotopic (exact) mass is 275 g/mol. The van der Waals surface area contributed by atoms with E-state index < -0.39 is 17.8 Å². The molecule has 0 aliphatic heterocycles. The van der Waals surface area contributed by atoms with Crippen LogP contribution in [0.15, 0.2) is 23.2 Å². The highest BCUT2D eigenvalue weighted by Gasteiger charge is 2.33. The lowest BCUT2D eigenvalue weighted by Crippen LogP contribution is -2.11. The van der Waals surface area contributed by atoms with Gasteiger partial charge in [-0.15, -0.1) is 0 Å². The van der Waals surface area contributed by atoms with Gasteiger partial charge < -0.3 is 9.84 Å². The molecule has 3 nitrogen and oxygen atoms in total. The smallest absolute Gasteiger partial charge is 0.417 e. The summed E-state index contributed by atoms with van der Waals surface area (Å²) < 4.78 is 43.7. The Hall–Kier alpha value is -1.56. The second kappa shape index (κ2) is 6.56. The van der Waals surface area contributed by atoms with E-state index in [1.165, 1.54) is 19.2 Å². The van der Waals surface area contributed by atoms with Gasteiger partial charge in [0.2, 0.25) is 0 Å². The quantitative estimate of drug-likeness (QED) is 0.839. The molecule has 0 aromatic heterocycles. The average molecular weight is 275 g/mol. The minimum absolute atomic E-state index is 0.00197. The Morgan fingerprint density at radius 3 is 2.63 bits per heavy atom. The van der Waals surface area contributed by atoms with Crippen LogP contribution in [0.1, 0.15) is 24.5 Å². The van der Waals surface area contributed by atoms with Gasteiger partial charge in [0, 0.05) is 25.2 Å². The molecule has 106 valence electrons. The van der Waals surface area contributed by atoms with Crippen LogP contribution in [-0.2, 0) is 6.18 Å². The number of ether oxygens (including phenoxy) is 1. The highest BCUT2D eigenvalue weighted by Crippen LogP contribution is 2.33. The van der Waals surface area contributed by atoms with E-state index in [4.69, 9.17) is 9.84 Å². The van der Waals surface area contributed by atoms with Gasteiger partial charge in [-0.05, 0) is 25.1 Å². The molecule has 1 atom stereocenters. The first-order chi connectivity index (χ1) is 8.84. The summed E-state index contributed by atoms with van der Waals surface area (Å²) in [5, 5.41) is 9.05. The van der Waals surface area contributed by atoms with Crippen LogP contribution >= 0.6 is 0 Å². The Kier molecular flexibility index (Phi) is 5.35. The maximum Gasteiger partial charge on any atom is 0.417 e. The van der Waals surface area contributed by atoms with Gasteiger partial charge in [-0.2, -0.15) is 13.2 Å². The lowest BCUT2D eigenvalue weighted by Gasteiger charge is -2.13. The summed E-state index contributed by atoms with van der Waals surface area (Å²) in [6.07, 6.45) is -3.49. The first-order valence-corrected chi connectivity index (χ1v) is 5.79. The lowest BCUT2D eigenvalue weighted by atomic mass is 10.1.